The van der Waals surface area contributed by atoms with Crippen LogP contribution in [0, 0.1) is 0 Å². The number of ether oxygens (including phenoxy) is 3. The van der Waals surface area contributed by atoms with Gasteiger partial charge in [0.15, 0.2) is 6.10 Å². The van der Waals surface area contributed by atoms with Gasteiger partial charge in [0.2, 0.25) is 0 Å². The van der Waals surface area contributed by atoms with E-state index in [1.165, 1.54) is 34.9 Å². The molecule has 0 fully saturated rings. The highest BCUT2D eigenvalue weighted by Gasteiger charge is 2.22. The third-order valence-corrected chi connectivity index (χ3v) is 5.87. The lowest BCUT2D eigenvalue weighted by Gasteiger charge is -2.14. The van der Waals surface area contributed by atoms with Crippen LogP contribution in [0.1, 0.15) is 36.5 Å². The van der Waals surface area contributed by atoms with Crippen LogP contribution in [0.5, 0.6) is 5.75 Å². The van der Waals surface area contributed by atoms with E-state index in [1.807, 2.05) is 24.3 Å². The first-order valence-electron chi connectivity index (χ1n) is 11.5. The topological polar surface area (TPSA) is 44.8 Å². The first-order chi connectivity index (χ1) is 16.2. The average molecular weight is 443 g/mol. The quantitative estimate of drug-likeness (QED) is 0.221. The number of hydrogen-bond donors (Lipinski definition) is 0. The van der Waals surface area contributed by atoms with Crippen molar-refractivity contribution in [1.82, 2.24) is 0 Å². The summed E-state index contributed by atoms with van der Waals surface area (Å²) in [6.07, 6.45) is 4.11. The number of fused-ring (bicyclic) bond motifs is 3. The molecular weight excluding hydrogens is 412 g/mol. The normalized spacial score (nSPS) is 12.6. The van der Waals surface area contributed by atoms with Gasteiger partial charge in [0, 0.05) is 13.5 Å². The molecule has 0 bridgehead atoms. The third kappa shape index (κ3) is 5.35. The van der Waals surface area contributed by atoms with Crippen LogP contribution in [-0.4, -0.2) is 32.4 Å². The molecule has 0 aromatic heterocycles. The molecule has 0 saturated carbocycles. The van der Waals surface area contributed by atoms with E-state index in [2.05, 4.69) is 54.6 Å². The molecule has 1 aliphatic rings. The van der Waals surface area contributed by atoms with Crippen molar-refractivity contribution in [3.8, 4) is 16.9 Å². The molecule has 4 rings (SSSR count). The molecular formula is C29H30O4. The van der Waals surface area contributed by atoms with Gasteiger partial charge in [-0.15, -0.1) is 0 Å². The Kier molecular flexibility index (Phi) is 7.59. The number of carbonyl (C=O) groups is 1. The summed E-state index contributed by atoms with van der Waals surface area (Å²) in [6.45, 7) is 2.79. The number of benzene rings is 3. The zero-order valence-corrected chi connectivity index (χ0v) is 19.3. The first-order valence-corrected chi connectivity index (χ1v) is 11.5. The van der Waals surface area contributed by atoms with E-state index in [9.17, 15) is 4.79 Å². The van der Waals surface area contributed by atoms with Crippen LogP contribution in [0.4, 0.5) is 0 Å². The lowest BCUT2D eigenvalue weighted by atomic mass is 10.0. The van der Waals surface area contributed by atoms with Crippen molar-refractivity contribution >= 4 is 11.5 Å². The van der Waals surface area contributed by atoms with E-state index in [1.54, 1.807) is 6.92 Å². The summed E-state index contributed by atoms with van der Waals surface area (Å²) in [7, 11) is 1.52. The Labute approximate surface area is 195 Å². The van der Waals surface area contributed by atoms with E-state index in [0.717, 1.165) is 24.2 Å². The summed E-state index contributed by atoms with van der Waals surface area (Å²) >= 11 is 0. The fourth-order valence-electron chi connectivity index (χ4n) is 4.22. The summed E-state index contributed by atoms with van der Waals surface area (Å²) in [6, 6.07) is 25.0. The summed E-state index contributed by atoms with van der Waals surface area (Å²) < 4.78 is 16.2. The Morgan fingerprint density at radius 1 is 0.879 bits per heavy atom. The van der Waals surface area contributed by atoms with E-state index in [4.69, 9.17) is 14.2 Å². The van der Waals surface area contributed by atoms with Gasteiger partial charge < -0.3 is 14.2 Å². The predicted molar refractivity (Wildman–Crippen MR) is 131 cm³/mol. The van der Waals surface area contributed by atoms with Gasteiger partial charge in [0.1, 0.15) is 5.75 Å². The smallest absolute Gasteiger partial charge is 0.335 e. The molecule has 3 aromatic rings. The largest absolute Gasteiger partial charge is 0.494 e. The predicted octanol–water partition coefficient (Wildman–Crippen LogP) is 6.08. The van der Waals surface area contributed by atoms with Crippen LogP contribution in [-0.2, 0) is 20.7 Å². The van der Waals surface area contributed by atoms with Crippen LogP contribution in [0.25, 0.3) is 16.7 Å². The Morgan fingerprint density at radius 2 is 1.48 bits per heavy atom. The highest BCUT2D eigenvalue weighted by Crippen LogP contribution is 2.43. The van der Waals surface area contributed by atoms with Gasteiger partial charge >= 0.3 is 5.97 Å². The molecule has 0 aliphatic heterocycles. The van der Waals surface area contributed by atoms with Gasteiger partial charge in [-0.2, -0.15) is 0 Å². The van der Waals surface area contributed by atoms with Crippen molar-refractivity contribution in [2.24, 2.45) is 0 Å². The highest BCUT2D eigenvalue weighted by molar-refractivity contribution is 6.01. The van der Waals surface area contributed by atoms with Gasteiger partial charge in [0.25, 0.3) is 0 Å². The molecule has 1 unspecified atom stereocenters. The van der Waals surface area contributed by atoms with Crippen molar-refractivity contribution in [3.63, 3.8) is 0 Å². The zero-order valence-electron chi connectivity index (χ0n) is 19.3. The van der Waals surface area contributed by atoms with Gasteiger partial charge in [-0.25, -0.2) is 4.79 Å². The van der Waals surface area contributed by atoms with Crippen LogP contribution in [0.2, 0.25) is 0 Å². The Morgan fingerprint density at radius 3 is 2.06 bits per heavy atom. The van der Waals surface area contributed by atoms with Crippen LogP contribution >= 0.6 is 0 Å². The molecule has 0 N–H and O–H groups in total. The minimum absolute atomic E-state index is 0.332. The molecule has 0 amide bonds. The number of rotatable bonds is 10. The molecule has 4 nitrogen and oxygen atoms in total. The zero-order chi connectivity index (χ0) is 23.0. The van der Waals surface area contributed by atoms with Crippen LogP contribution < -0.4 is 4.74 Å². The maximum Gasteiger partial charge on any atom is 0.335 e. The van der Waals surface area contributed by atoms with Gasteiger partial charge in [-0.3, -0.25) is 0 Å². The number of allylic oxidation sites excluding steroid dienone is 1. The maximum atomic E-state index is 11.9. The lowest BCUT2D eigenvalue weighted by molar-refractivity contribution is -0.154. The monoisotopic (exact) mass is 442 g/mol. The van der Waals surface area contributed by atoms with Crippen molar-refractivity contribution in [2.75, 3.05) is 20.3 Å². The first kappa shape index (κ1) is 22.8. The second-order valence-corrected chi connectivity index (χ2v) is 8.02. The molecule has 0 saturated heterocycles. The Bertz CT molecular complexity index is 1070. The number of hydrogen-bond acceptors (Lipinski definition) is 4. The third-order valence-electron chi connectivity index (χ3n) is 5.87. The second-order valence-electron chi connectivity index (χ2n) is 8.02. The molecule has 33 heavy (non-hydrogen) atoms. The summed E-state index contributed by atoms with van der Waals surface area (Å²) in [4.78, 5) is 11.9. The fourth-order valence-corrected chi connectivity index (χ4v) is 4.22. The van der Waals surface area contributed by atoms with Crippen molar-refractivity contribution in [3.05, 3.63) is 95.6 Å². The van der Waals surface area contributed by atoms with Crippen molar-refractivity contribution < 1.29 is 19.0 Å². The van der Waals surface area contributed by atoms with Gasteiger partial charge in [-0.05, 0) is 65.3 Å². The minimum atomic E-state index is -0.587. The number of esters is 1. The van der Waals surface area contributed by atoms with Crippen molar-refractivity contribution in [2.45, 2.75) is 32.3 Å². The molecule has 3 aromatic carbocycles. The summed E-state index contributed by atoms with van der Waals surface area (Å²) in [5, 5.41) is 0. The molecule has 0 spiro atoms. The Hall–Kier alpha value is -3.37. The maximum absolute atomic E-state index is 11.9. The number of methoxy groups -OCH3 is 1. The molecule has 1 atom stereocenters. The number of unbranched alkanes of at least 4 members (excludes halogenated alkanes) is 1. The lowest BCUT2D eigenvalue weighted by Crippen LogP contribution is -2.27. The summed E-state index contributed by atoms with van der Waals surface area (Å²) in [5.74, 6) is 0.495. The minimum Gasteiger partial charge on any atom is -0.494 e. The van der Waals surface area contributed by atoms with E-state index in [0.29, 0.717) is 19.6 Å². The van der Waals surface area contributed by atoms with E-state index < -0.39 is 6.10 Å². The van der Waals surface area contributed by atoms with Gasteiger partial charge in [-0.1, -0.05) is 66.7 Å². The SMILES string of the molecule is CCOC(=O)C(Cc1ccc(OCCCC=C2c3ccccc3-c3ccccc32)cc1)OC. The van der Waals surface area contributed by atoms with Crippen LogP contribution in [0.3, 0.4) is 0 Å². The average Bonchev–Trinajstić information content (AvgIpc) is 3.17. The van der Waals surface area contributed by atoms with Gasteiger partial charge in [0.05, 0.1) is 13.2 Å². The standard InChI is InChI=1S/C29H30O4/c1-3-32-29(30)28(31-2)20-21-15-17-22(18-16-21)33-19-9-8-14-27-25-12-6-4-10-23(25)24-11-5-7-13-26(24)27/h4-7,10-18,28H,3,8-9,19-20H2,1-2H3. The van der Waals surface area contributed by atoms with E-state index in [-0.39, 0.29) is 5.97 Å². The number of carbonyl (C=O) groups excluding carboxylic acids is 1. The fraction of sp³-hybridized carbons (Fsp3) is 0.276. The van der Waals surface area contributed by atoms with E-state index >= 15 is 0 Å². The molecule has 170 valence electrons. The Balaban J connectivity index is 1.29. The highest BCUT2D eigenvalue weighted by atomic mass is 16.6. The van der Waals surface area contributed by atoms with Crippen LogP contribution in [0.15, 0.2) is 78.9 Å². The molecule has 4 heteroatoms. The van der Waals surface area contributed by atoms with Crippen molar-refractivity contribution in [1.29, 1.82) is 0 Å². The summed E-state index contributed by atoms with van der Waals surface area (Å²) in [5.41, 5.74) is 7.58. The second kappa shape index (κ2) is 11.0. The molecule has 1 aliphatic carbocycles. The molecule has 0 heterocycles. The molecule has 0 radical (unpaired) electrons.